The second kappa shape index (κ2) is 7.46. The number of pyridine rings is 1. The Labute approximate surface area is 163 Å². The van der Waals surface area contributed by atoms with Crippen LogP contribution in [0.3, 0.4) is 0 Å². The summed E-state index contributed by atoms with van der Waals surface area (Å²) in [6.45, 7) is 13.5. The predicted molar refractivity (Wildman–Crippen MR) is 115 cm³/mol. The average Bonchev–Trinajstić information content (AvgIpc) is 2.61. The molecule has 2 unspecified atom stereocenters. The lowest BCUT2D eigenvalue weighted by Gasteiger charge is -2.46. The van der Waals surface area contributed by atoms with Crippen LogP contribution in [0, 0.1) is 5.92 Å². The standard InChI is InChI=1S/C24H32N2O/c1-7-10-17(5)18(6)25-24-15-16(4)13-19(20(24)8-2)14-22-21(24)11-12-23(27)26(22)9-3/h8,10-13,19H,7,9,14-15H2,1-6H3/b17-10-,20-8?,25-18?. The minimum atomic E-state index is -0.386. The molecular formula is C24H32N2O. The van der Waals surface area contributed by atoms with Crippen molar-refractivity contribution in [3.8, 4) is 0 Å². The first-order chi connectivity index (χ1) is 12.9. The summed E-state index contributed by atoms with van der Waals surface area (Å²) in [5.74, 6) is 0.322. The van der Waals surface area contributed by atoms with Crippen LogP contribution in [0.5, 0.6) is 0 Å². The van der Waals surface area contributed by atoms with Crippen molar-refractivity contribution in [3.05, 3.63) is 68.7 Å². The van der Waals surface area contributed by atoms with Crippen molar-refractivity contribution in [1.82, 2.24) is 4.57 Å². The Balaban J connectivity index is 2.34. The maximum absolute atomic E-state index is 12.5. The van der Waals surface area contributed by atoms with Gasteiger partial charge in [0.2, 0.25) is 0 Å². The van der Waals surface area contributed by atoms with Crippen LogP contribution in [0.2, 0.25) is 0 Å². The van der Waals surface area contributed by atoms with E-state index in [2.05, 4.69) is 59.8 Å². The molecule has 0 spiro atoms. The zero-order valence-corrected chi connectivity index (χ0v) is 17.6. The van der Waals surface area contributed by atoms with Crippen LogP contribution in [0.1, 0.15) is 65.6 Å². The van der Waals surface area contributed by atoms with Crippen molar-refractivity contribution >= 4 is 5.71 Å². The van der Waals surface area contributed by atoms with Crippen molar-refractivity contribution < 1.29 is 0 Å². The van der Waals surface area contributed by atoms with Gasteiger partial charge in [-0.2, -0.15) is 0 Å². The zero-order valence-electron chi connectivity index (χ0n) is 17.6. The second-order valence-electron chi connectivity index (χ2n) is 7.87. The van der Waals surface area contributed by atoms with E-state index in [0.717, 1.165) is 30.7 Å². The first-order valence-electron chi connectivity index (χ1n) is 10.2. The number of rotatable bonds is 4. The molecule has 3 nitrogen and oxygen atoms in total. The van der Waals surface area contributed by atoms with Gasteiger partial charge in [-0.1, -0.05) is 30.7 Å². The number of allylic oxidation sites excluding steroid dienone is 4. The number of nitrogens with zero attached hydrogens (tertiary/aromatic N) is 2. The van der Waals surface area contributed by atoms with Gasteiger partial charge < -0.3 is 4.57 Å². The number of aromatic nitrogens is 1. The zero-order chi connectivity index (χ0) is 19.8. The van der Waals surface area contributed by atoms with Gasteiger partial charge in [-0.05, 0) is 64.7 Å². The molecule has 144 valence electrons. The molecule has 0 N–H and O–H groups in total. The minimum Gasteiger partial charge on any atom is -0.313 e. The van der Waals surface area contributed by atoms with Gasteiger partial charge in [0.25, 0.3) is 5.56 Å². The number of hydrogen-bond acceptors (Lipinski definition) is 2. The Kier molecular flexibility index (Phi) is 5.41. The number of aliphatic imine (C=N–C) groups is 1. The van der Waals surface area contributed by atoms with E-state index in [9.17, 15) is 4.79 Å². The molecule has 1 heterocycles. The minimum absolute atomic E-state index is 0.0943. The van der Waals surface area contributed by atoms with Crippen LogP contribution in [-0.4, -0.2) is 10.3 Å². The topological polar surface area (TPSA) is 34.4 Å². The summed E-state index contributed by atoms with van der Waals surface area (Å²) >= 11 is 0. The fraction of sp³-hybridized carbons (Fsp3) is 0.500. The van der Waals surface area contributed by atoms with Crippen molar-refractivity contribution in [2.75, 3.05) is 0 Å². The van der Waals surface area contributed by atoms with Gasteiger partial charge in [0, 0.05) is 41.9 Å². The van der Waals surface area contributed by atoms with Crippen molar-refractivity contribution in [3.63, 3.8) is 0 Å². The molecule has 3 heteroatoms. The molecule has 0 saturated carbocycles. The van der Waals surface area contributed by atoms with Crippen LogP contribution in [0.15, 0.2) is 56.9 Å². The van der Waals surface area contributed by atoms with Crippen LogP contribution >= 0.6 is 0 Å². The van der Waals surface area contributed by atoms with Crippen molar-refractivity contribution in [1.29, 1.82) is 0 Å². The molecule has 2 atom stereocenters. The van der Waals surface area contributed by atoms with E-state index in [1.807, 2.05) is 10.6 Å². The highest BCUT2D eigenvalue weighted by molar-refractivity contribution is 5.98. The summed E-state index contributed by atoms with van der Waals surface area (Å²) < 4.78 is 1.94. The van der Waals surface area contributed by atoms with Gasteiger partial charge in [-0.3, -0.25) is 9.79 Å². The molecule has 0 saturated heterocycles. The van der Waals surface area contributed by atoms with E-state index < -0.39 is 0 Å². The lowest BCUT2D eigenvalue weighted by Crippen LogP contribution is -2.43. The fourth-order valence-electron chi connectivity index (χ4n) is 4.94. The van der Waals surface area contributed by atoms with E-state index in [1.54, 1.807) is 6.07 Å². The molecule has 2 aliphatic rings. The number of hydrogen-bond donors (Lipinski definition) is 0. The highest BCUT2D eigenvalue weighted by Gasteiger charge is 2.47. The lowest BCUT2D eigenvalue weighted by atomic mass is 9.63. The molecule has 0 fully saturated rings. The van der Waals surface area contributed by atoms with Gasteiger partial charge >= 0.3 is 0 Å². The van der Waals surface area contributed by atoms with Crippen LogP contribution in [-0.2, 0) is 18.5 Å². The lowest BCUT2D eigenvalue weighted by molar-refractivity contribution is 0.400. The second-order valence-corrected chi connectivity index (χ2v) is 7.87. The monoisotopic (exact) mass is 364 g/mol. The quantitative estimate of drug-likeness (QED) is 0.524. The summed E-state index contributed by atoms with van der Waals surface area (Å²) in [4.78, 5) is 17.8. The van der Waals surface area contributed by atoms with Crippen molar-refractivity contribution in [2.24, 2.45) is 10.9 Å². The third kappa shape index (κ3) is 3.18. The smallest absolute Gasteiger partial charge is 0.250 e. The molecule has 2 bridgehead atoms. The maximum atomic E-state index is 12.5. The highest BCUT2D eigenvalue weighted by Crippen LogP contribution is 2.52. The Morgan fingerprint density at radius 1 is 1.33 bits per heavy atom. The first-order valence-corrected chi connectivity index (χ1v) is 10.2. The number of fused-ring (bicyclic) bond motifs is 4. The molecule has 0 radical (unpaired) electrons. The molecule has 0 aliphatic heterocycles. The van der Waals surface area contributed by atoms with E-state index >= 15 is 0 Å². The maximum Gasteiger partial charge on any atom is 0.250 e. The predicted octanol–water partition coefficient (Wildman–Crippen LogP) is 5.35. The Hall–Kier alpha value is -2.16. The molecule has 1 aromatic heterocycles. The third-order valence-electron chi connectivity index (χ3n) is 6.12. The first kappa shape index (κ1) is 19.6. The summed E-state index contributed by atoms with van der Waals surface area (Å²) in [7, 11) is 0. The van der Waals surface area contributed by atoms with Gasteiger partial charge in [0.15, 0.2) is 0 Å². The normalized spacial score (nSPS) is 26.8. The highest BCUT2D eigenvalue weighted by atomic mass is 16.1. The summed E-state index contributed by atoms with van der Waals surface area (Å²) in [5, 5.41) is 0. The summed E-state index contributed by atoms with van der Waals surface area (Å²) in [5.41, 5.74) is 7.18. The molecule has 2 aliphatic carbocycles. The molecule has 3 rings (SSSR count). The van der Waals surface area contributed by atoms with Gasteiger partial charge in [-0.25, -0.2) is 0 Å². The van der Waals surface area contributed by atoms with Crippen LogP contribution < -0.4 is 5.56 Å². The Bertz CT molecular complexity index is 926. The fourth-order valence-corrected chi connectivity index (χ4v) is 4.94. The summed E-state index contributed by atoms with van der Waals surface area (Å²) in [6.07, 6.45) is 9.66. The largest absolute Gasteiger partial charge is 0.313 e. The van der Waals surface area contributed by atoms with E-state index in [1.165, 1.54) is 22.3 Å². The van der Waals surface area contributed by atoms with Crippen molar-refractivity contribution in [2.45, 2.75) is 72.9 Å². The molecule has 1 aromatic rings. The molecule has 0 amide bonds. The van der Waals surface area contributed by atoms with Gasteiger partial charge in [0.05, 0.1) is 0 Å². The van der Waals surface area contributed by atoms with E-state index in [0.29, 0.717) is 12.5 Å². The third-order valence-corrected chi connectivity index (χ3v) is 6.12. The Morgan fingerprint density at radius 3 is 2.70 bits per heavy atom. The Morgan fingerprint density at radius 2 is 2.07 bits per heavy atom. The van der Waals surface area contributed by atoms with Crippen LogP contribution in [0.4, 0.5) is 0 Å². The molecule has 0 aromatic carbocycles. The SMILES string of the molecule is CC=C1C2C=C(C)CC1(N=C(C)/C(C)=C\CC)c1ccc(=O)n(CC)c1C2. The van der Waals surface area contributed by atoms with E-state index in [4.69, 9.17) is 4.99 Å². The van der Waals surface area contributed by atoms with Gasteiger partial charge in [-0.15, -0.1) is 0 Å². The molecular weight excluding hydrogens is 332 g/mol. The van der Waals surface area contributed by atoms with Crippen LogP contribution in [0.25, 0.3) is 0 Å². The summed E-state index contributed by atoms with van der Waals surface area (Å²) in [6, 6.07) is 3.77. The molecule has 27 heavy (non-hydrogen) atoms. The van der Waals surface area contributed by atoms with Gasteiger partial charge in [0.1, 0.15) is 5.54 Å². The van der Waals surface area contributed by atoms with E-state index in [-0.39, 0.29) is 11.1 Å². The average molecular weight is 365 g/mol.